The Morgan fingerprint density at radius 1 is 0.950 bits per heavy atom. The molecule has 0 bridgehead atoms. The van der Waals surface area contributed by atoms with Crippen molar-refractivity contribution in [2.45, 2.75) is 57.9 Å². The van der Waals surface area contributed by atoms with Crippen LogP contribution in [0.3, 0.4) is 0 Å². The predicted octanol–water partition coefficient (Wildman–Crippen LogP) is 4.86. The molecule has 2 saturated carbocycles. The van der Waals surface area contributed by atoms with Gasteiger partial charge in [0.25, 0.3) is 0 Å². The summed E-state index contributed by atoms with van der Waals surface area (Å²) in [6, 6.07) is 9.71. The molecule has 20 heavy (non-hydrogen) atoms. The molecule has 1 aromatic carbocycles. The fourth-order valence-corrected chi connectivity index (χ4v) is 4.66. The van der Waals surface area contributed by atoms with Gasteiger partial charge in [-0.1, -0.05) is 55.5 Å². The van der Waals surface area contributed by atoms with Gasteiger partial charge in [-0.3, -0.25) is 0 Å². The molecule has 0 saturated heterocycles. The molecular weight excluding hydrogens is 242 g/mol. The summed E-state index contributed by atoms with van der Waals surface area (Å²) in [5.41, 5.74) is 2.84. The fraction of sp³-hybridized carbons (Fsp3) is 0.684. The number of rotatable bonds is 3. The highest BCUT2D eigenvalue weighted by Gasteiger charge is 2.35. The molecule has 0 aliphatic heterocycles. The third kappa shape index (κ3) is 2.93. The molecule has 2 aliphatic carbocycles. The Kier molecular flexibility index (Phi) is 4.45. The number of benzene rings is 1. The van der Waals surface area contributed by atoms with Gasteiger partial charge in [0.05, 0.1) is 0 Å². The smallest absolute Gasteiger partial charge is 0.0346 e. The summed E-state index contributed by atoms with van der Waals surface area (Å²) in [5.74, 6) is 2.90. The summed E-state index contributed by atoms with van der Waals surface area (Å²) in [6.07, 6.45) is 10.3. The average Bonchev–Trinajstić information content (AvgIpc) is 2.50. The third-order valence-electron chi connectivity index (χ3n) is 5.80. The second kappa shape index (κ2) is 6.30. The zero-order chi connectivity index (χ0) is 13.9. The second-order valence-corrected chi connectivity index (χ2v) is 7.05. The molecule has 0 amide bonds. The van der Waals surface area contributed by atoms with Gasteiger partial charge in [0, 0.05) is 6.04 Å². The molecule has 2 aliphatic rings. The highest BCUT2D eigenvalue weighted by Crippen LogP contribution is 2.46. The van der Waals surface area contributed by atoms with Crippen molar-refractivity contribution < 1.29 is 0 Å². The van der Waals surface area contributed by atoms with Crippen molar-refractivity contribution in [3.05, 3.63) is 35.4 Å². The van der Waals surface area contributed by atoms with Crippen LogP contribution in [-0.2, 0) is 0 Å². The van der Waals surface area contributed by atoms with E-state index in [-0.39, 0.29) is 0 Å². The van der Waals surface area contributed by atoms with Gasteiger partial charge in [-0.05, 0) is 56.6 Å². The Labute approximate surface area is 124 Å². The maximum atomic E-state index is 3.60. The molecular formula is C19H29N. The van der Waals surface area contributed by atoms with Gasteiger partial charge in [0.1, 0.15) is 0 Å². The lowest BCUT2D eigenvalue weighted by atomic mass is 9.65. The molecule has 1 nitrogen and oxygen atoms in total. The van der Waals surface area contributed by atoms with E-state index in [0.717, 1.165) is 17.8 Å². The summed E-state index contributed by atoms with van der Waals surface area (Å²) < 4.78 is 0. The first kappa shape index (κ1) is 14.1. The van der Waals surface area contributed by atoms with Gasteiger partial charge in [-0.2, -0.15) is 0 Å². The molecule has 110 valence electrons. The Morgan fingerprint density at radius 2 is 1.65 bits per heavy atom. The normalized spacial score (nSPS) is 31.6. The lowest BCUT2D eigenvalue weighted by Gasteiger charge is -2.42. The van der Waals surface area contributed by atoms with Crippen molar-refractivity contribution in [2.75, 3.05) is 7.05 Å². The summed E-state index contributed by atoms with van der Waals surface area (Å²) in [4.78, 5) is 0. The van der Waals surface area contributed by atoms with E-state index in [9.17, 15) is 0 Å². The highest BCUT2D eigenvalue weighted by molar-refractivity contribution is 5.24. The zero-order valence-electron chi connectivity index (χ0n) is 13.1. The van der Waals surface area contributed by atoms with Crippen LogP contribution in [0.15, 0.2) is 24.3 Å². The van der Waals surface area contributed by atoms with Crippen molar-refractivity contribution in [2.24, 2.45) is 17.8 Å². The van der Waals surface area contributed by atoms with Crippen molar-refractivity contribution in [1.82, 2.24) is 5.32 Å². The average molecular weight is 271 g/mol. The van der Waals surface area contributed by atoms with Gasteiger partial charge in [0.15, 0.2) is 0 Å². The van der Waals surface area contributed by atoms with Crippen LogP contribution in [0.25, 0.3) is 0 Å². The quantitative estimate of drug-likeness (QED) is 0.827. The maximum absolute atomic E-state index is 3.60. The first-order chi connectivity index (χ1) is 9.78. The first-order valence-electron chi connectivity index (χ1n) is 8.51. The molecule has 1 heteroatoms. The van der Waals surface area contributed by atoms with E-state index in [1.807, 2.05) is 0 Å². The molecule has 2 fully saturated rings. The molecule has 0 aromatic heterocycles. The summed E-state index contributed by atoms with van der Waals surface area (Å²) in [5, 5.41) is 3.60. The van der Waals surface area contributed by atoms with Gasteiger partial charge in [-0.25, -0.2) is 0 Å². The second-order valence-electron chi connectivity index (χ2n) is 7.05. The minimum Gasteiger partial charge on any atom is -0.313 e. The van der Waals surface area contributed by atoms with Crippen molar-refractivity contribution in [3.63, 3.8) is 0 Å². The topological polar surface area (TPSA) is 12.0 Å². The Balaban J connectivity index is 1.71. The van der Waals surface area contributed by atoms with E-state index >= 15 is 0 Å². The van der Waals surface area contributed by atoms with E-state index in [1.165, 1.54) is 56.1 Å². The van der Waals surface area contributed by atoms with E-state index in [4.69, 9.17) is 0 Å². The molecule has 4 unspecified atom stereocenters. The fourth-order valence-electron chi connectivity index (χ4n) is 4.66. The molecule has 0 spiro atoms. The Bertz CT molecular complexity index is 422. The van der Waals surface area contributed by atoms with Crippen LogP contribution in [-0.4, -0.2) is 7.05 Å². The van der Waals surface area contributed by atoms with Crippen LogP contribution in [0, 0.1) is 24.7 Å². The standard InChI is InChI=1S/C19H29N/c1-14-7-9-16(10-8-14)19(20-2)18-12-11-15-5-3-4-6-17(15)13-18/h7-10,15,17-20H,3-6,11-13H2,1-2H3. The van der Waals surface area contributed by atoms with Crippen LogP contribution in [0.1, 0.15) is 62.1 Å². The zero-order valence-corrected chi connectivity index (χ0v) is 13.1. The molecule has 1 aromatic rings. The van der Waals surface area contributed by atoms with Crippen LogP contribution < -0.4 is 5.32 Å². The lowest BCUT2D eigenvalue weighted by molar-refractivity contribution is 0.111. The highest BCUT2D eigenvalue weighted by atomic mass is 14.9. The molecule has 0 heterocycles. The van der Waals surface area contributed by atoms with E-state index in [2.05, 4.69) is 43.6 Å². The molecule has 1 N–H and O–H groups in total. The van der Waals surface area contributed by atoms with Gasteiger partial charge >= 0.3 is 0 Å². The van der Waals surface area contributed by atoms with Gasteiger partial charge in [0.2, 0.25) is 0 Å². The third-order valence-corrected chi connectivity index (χ3v) is 5.80. The van der Waals surface area contributed by atoms with E-state index in [0.29, 0.717) is 6.04 Å². The minimum atomic E-state index is 0.554. The number of hydrogen-bond acceptors (Lipinski definition) is 1. The van der Waals surface area contributed by atoms with Crippen LogP contribution in [0.4, 0.5) is 0 Å². The first-order valence-corrected chi connectivity index (χ1v) is 8.51. The maximum Gasteiger partial charge on any atom is 0.0346 e. The molecule has 0 radical (unpaired) electrons. The monoisotopic (exact) mass is 271 g/mol. The minimum absolute atomic E-state index is 0.554. The van der Waals surface area contributed by atoms with E-state index in [1.54, 1.807) is 0 Å². The number of nitrogens with one attached hydrogen (secondary N) is 1. The molecule has 3 rings (SSSR count). The number of hydrogen-bond donors (Lipinski definition) is 1. The predicted molar refractivity (Wildman–Crippen MR) is 85.8 cm³/mol. The number of fused-ring (bicyclic) bond motifs is 1. The number of aryl methyl sites for hydroxylation is 1. The van der Waals surface area contributed by atoms with Crippen LogP contribution in [0.5, 0.6) is 0 Å². The van der Waals surface area contributed by atoms with Gasteiger partial charge in [-0.15, -0.1) is 0 Å². The molecule has 4 atom stereocenters. The van der Waals surface area contributed by atoms with Crippen molar-refractivity contribution in [3.8, 4) is 0 Å². The van der Waals surface area contributed by atoms with Crippen molar-refractivity contribution in [1.29, 1.82) is 0 Å². The van der Waals surface area contributed by atoms with Crippen LogP contribution in [0.2, 0.25) is 0 Å². The van der Waals surface area contributed by atoms with E-state index < -0.39 is 0 Å². The van der Waals surface area contributed by atoms with Gasteiger partial charge < -0.3 is 5.32 Å². The lowest BCUT2D eigenvalue weighted by Crippen LogP contribution is -2.34. The Hall–Kier alpha value is -0.820. The summed E-state index contributed by atoms with van der Waals surface area (Å²) in [7, 11) is 2.14. The Morgan fingerprint density at radius 3 is 2.35 bits per heavy atom. The van der Waals surface area contributed by atoms with Crippen molar-refractivity contribution >= 4 is 0 Å². The summed E-state index contributed by atoms with van der Waals surface area (Å²) in [6.45, 7) is 2.17. The SMILES string of the molecule is CNC(c1ccc(C)cc1)C1CCC2CCCCC2C1. The van der Waals surface area contributed by atoms with Crippen LogP contribution >= 0.6 is 0 Å². The largest absolute Gasteiger partial charge is 0.313 e. The summed E-state index contributed by atoms with van der Waals surface area (Å²) >= 11 is 0.